The molecule has 3 N–H and O–H groups in total. The van der Waals surface area contributed by atoms with Crippen LogP contribution in [0, 0.1) is 5.82 Å². The summed E-state index contributed by atoms with van der Waals surface area (Å²) >= 11 is 0. The highest BCUT2D eigenvalue weighted by Crippen LogP contribution is 2.28. The van der Waals surface area contributed by atoms with E-state index in [9.17, 15) is 14.0 Å². The standard InChI is InChI=1S/C15H18FN3O4/c1-17-11-4-3-9(16)7-12(11)18-13-10(15(22)23-2)8-19(5-6-20)14(13)21/h3-4,7,17-18,20H,5-6,8H2,1-2H3. The van der Waals surface area contributed by atoms with Gasteiger partial charge in [-0.15, -0.1) is 0 Å². The summed E-state index contributed by atoms with van der Waals surface area (Å²) < 4.78 is 18.2. The fourth-order valence-electron chi connectivity index (χ4n) is 2.32. The smallest absolute Gasteiger partial charge is 0.337 e. The van der Waals surface area contributed by atoms with Crippen molar-refractivity contribution < 1.29 is 23.8 Å². The number of methoxy groups -OCH3 is 1. The Labute approximate surface area is 132 Å². The number of amides is 1. The first-order valence-corrected chi connectivity index (χ1v) is 6.97. The normalized spacial score (nSPS) is 14.3. The molecule has 8 heteroatoms. The first-order chi connectivity index (χ1) is 11.0. The first-order valence-electron chi connectivity index (χ1n) is 6.97. The van der Waals surface area contributed by atoms with Crippen molar-refractivity contribution in [3.05, 3.63) is 35.3 Å². The van der Waals surface area contributed by atoms with E-state index in [0.717, 1.165) is 0 Å². The number of anilines is 2. The Kier molecular flexibility index (Phi) is 5.17. The molecule has 0 unspecified atom stereocenters. The lowest BCUT2D eigenvalue weighted by atomic mass is 10.2. The molecule has 0 radical (unpaired) electrons. The van der Waals surface area contributed by atoms with Gasteiger partial charge in [0.1, 0.15) is 11.5 Å². The van der Waals surface area contributed by atoms with Gasteiger partial charge >= 0.3 is 5.97 Å². The second kappa shape index (κ2) is 7.10. The van der Waals surface area contributed by atoms with Gasteiger partial charge in [0.05, 0.1) is 37.2 Å². The van der Waals surface area contributed by atoms with Gasteiger partial charge in [0.25, 0.3) is 5.91 Å². The number of nitrogens with one attached hydrogen (secondary N) is 2. The molecule has 0 spiro atoms. The molecule has 0 fully saturated rings. The summed E-state index contributed by atoms with van der Waals surface area (Å²) in [6.07, 6.45) is 0. The molecule has 1 aromatic carbocycles. The summed E-state index contributed by atoms with van der Waals surface area (Å²) in [6, 6.07) is 4.01. The molecule has 1 aliphatic heterocycles. The molecule has 0 saturated carbocycles. The Bertz CT molecular complexity index is 660. The molecule has 0 aromatic heterocycles. The second-order valence-corrected chi connectivity index (χ2v) is 4.86. The van der Waals surface area contributed by atoms with E-state index in [-0.39, 0.29) is 31.0 Å². The van der Waals surface area contributed by atoms with Gasteiger partial charge < -0.3 is 25.4 Å². The van der Waals surface area contributed by atoms with E-state index < -0.39 is 17.7 Å². The summed E-state index contributed by atoms with van der Waals surface area (Å²) in [5.74, 6) is -1.58. The van der Waals surface area contributed by atoms with Crippen molar-refractivity contribution in [3.63, 3.8) is 0 Å². The number of carbonyl (C=O) groups is 2. The SMILES string of the molecule is CNc1ccc(F)cc1NC1=C(C(=O)OC)CN(CCO)C1=O. The zero-order chi connectivity index (χ0) is 17.0. The molecular weight excluding hydrogens is 305 g/mol. The van der Waals surface area contributed by atoms with E-state index in [0.29, 0.717) is 11.4 Å². The number of nitrogens with zero attached hydrogens (tertiary/aromatic N) is 1. The Balaban J connectivity index is 2.39. The predicted molar refractivity (Wildman–Crippen MR) is 82.3 cm³/mol. The van der Waals surface area contributed by atoms with Crippen LogP contribution in [-0.4, -0.2) is 55.7 Å². The summed E-state index contributed by atoms with van der Waals surface area (Å²) in [6.45, 7) is -0.111. The predicted octanol–water partition coefficient (Wildman–Crippen LogP) is 0.541. The van der Waals surface area contributed by atoms with E-state index in [1.807, 2.05) is 0 Å². The van der Waals surface area contributed by atoms with E-state index in [1.54, 1.807) is 7.05 Å². The van der Waals surface area contributed by atoms with Crippen molar-refractivity contribution >= 4 is 23.3 Å². The monoisotopic (exact) mass is 323 g/mol. The van der Waals surface area contributed by atoms with Gasteiger partial charge in [-0.25, -0.2) is 9.18 Å². The minimum absolute atomic E-state index is 0.0207. The molecule has 0 aliphatic carbocycles. The fourth-order valence-corrected chi connectivity index (χ4v) is 2.32. The second-order valence-electron chi connectivity index (χ2n) is 4.86. The van der Waals surface area contributed by atoms with Crippen LogP contribution >= 0.6 is 0 Å². The average Bonchev–Trinajstić information content (AvgIpc) is 2.84. The van der Waals surface area contributed by atoms with Crippen molar-refractivity contribution in [2.45, 2.75) is 0 Å². The van der Waals surface area contributed by atoms with Crippen molar-refractivity contribution in [1.82, 2.24) is 4.90 Å². The Morgan fingerprint density at radius 1 is 1.43 bits per heavy atom. The van der Waals surface area contributed by atoms with Crippen molar-refractivity contribution in [3.8, 4) is 0 Å². The molecule has 0 saturated heterocycles. The molecule has 1 amide bonds. The molecule has 23 heavy (non-hydrogen) atoms. The molecule has 2 rings (SSSR count). The largest absolute Gasteiger partial charge is 0.466 e. The first kappa shape index (κ1) is 16.8. The summed E-state index contributed by atoms with van der Waals surface area (Å²) in [5, 5.41) is 14.7. The van der Waals surface area contributed by atoms with Gasteiger partial charge in [-0.2, -0.15) is 0 Å². The highest BCUT2D eigenvalue weighted by Gasteiger charge is 2.34. The Morgan fingerprint density at radius 2 is 2.17 bits per heavy atom. The highest BCUT2D eigenvalue weighted by atomic mass is 19.1. The molecule has 0 bridgehead atoms. The number of carbonyl (C=O) groups excluding carboxylic acids is 2. The maximum atomic E-state index is 13.5. The van der Waals surface area contributed by atoms with Gasteiger partial charge in [0, 0.05) is 13.6 Å². The topological polar surface area (TPSA) is 90.9 Å². The minimum atomic E-state index is -0.649. The molecule has 7 nitrogen and oxygen atoms in total. The number of halogens is 1. The van der Waals surface area contributed by atoms with E-state index in [1.165, 1.54) is 30.2 Å². The van der Waals surface area contributed by atoms with Gasteiger partial charge in [0.15, 0.2) is 0 Å². The van der Waals surface area contributed by atoms with Crippen molar-refractivity contribution in [2.24, 2.45) is 0 Å². The van der Waals surface area contributed by atoms with Crippen LogP contribution in [-0.2, 0) is 14.3 Å². The lowest BCUT2D eigenvalue weighted by Crippen LogP contribution is -2.31. The molecule has 1 aromatic rings. The lowest BCUT2D eigenvalue weighted by molar-refractivity contribution is -0.136. The van der Waals surface area contributed by atoms with Crippen LogP contribution in [0.4, 0.5) is 15.8 Å². The number of esters is 1. The molecule has 0 atom stereocenters. The third-order valence-electron chi connectivity index (χ3n) is 3.46. The number of rotatable bonds is 6. The van der Waals surface area contributed by atoms with E-state index >= 15 is 0 Å². The summed E-state index contributed by atoms with van der Waals surface area (Å²) in [5.41, 5.74) is 1.05. The number of hydrogen-bond acceptors (Lipinski definition) is 6. The maximum Gasteiger partial charge on any atom is 0.337 e. The third-order valence-corrected chi connectivity index (χ3v) is 3.46. The minimum Gasteiger partial charge on any atom is -0.466 e. The Morgan fingerprint density at radius 3 is 2.78 bits per heavy atom. The van der Waals surface area contributed by atoms with Crippen molar-refractivity contribution in [2.75, 3.05) is 44.5 Å². The molecule has 124 valence electrons. The van der Waals surface area contributed by atoms with Crippen LogP contribution in [0.1, 0.15) is 0 Å². The fraction of sp³-hybridized carbons (Fsp3) is 0.333. The number of ether oxygens (including phenoxy) is 1. The number of β-amino-alcohol motifs (C(OH)–C–C–N with tert-alkyl or cyclic N) is 1. The average molecular weight is 323 g/mol. The quantitative estimate of drug-likeness (QED) is 0.662. The maximum absolute atomic E-state index is 13.5. The van der Waals surface area contributed by atoms with Gasteiger partial charge in [0.2, 0.25) is 0 Å². The van der Waals surface area contributed by atoms with E-state index in [2.05, 4.69) is 15.4 Å². The lowest BCUT2D eigenvalue weighted by Gasteiger charge is -2.16. The van der Waals surface area contributed by atoms with Crippen LogP contribution in [0.3, 0.4) is 0 Å². The molecule has 1 heterocycles. The molecular formula is C15H18FN3O4. The van der Waals surface area contributed by atoms with Crippen LogP contribution in [0.15, 0.2) is 29.5 Å². The van der Waals surface area contributed by atoms with Crippen LogP contribution in [0.2, 0.25) is 0 Å². The van der Waals surface area contributed by atoms with Crippen LogP contribution < -0.4 is 10.6 Å². The number of benzene rings is 1. The van der Waals surface area contributed by atoms with Gasteiger partial charge in [-0.05, 0) is 18.2 Å². The van der Waals surface area contributed by atoms with Crippen LogP contribution in [0.5, 0.6) is 0 Å². The van der Waals surface area contributed by atoms with Gasteiger partial charge in [-0.3, -0.25) is 4.79 Å². The zero-order valence-electron chi connectivity index (χ0n) is 12.9. The van der Waals surface area contributed by atoms with E-state index in [4.69, 9.17) is 5.11 Å². The summed E-state index contributed by atoms with van der Waals surface area (Å²) in [4.78, 5) is 25.6. The number of aliphatic hydroxyl groups is 1. The highest BCUT2D eigenvalue weighted by molar-refractivity contribution is 6.09. The Hall–Kier alpha value is -2.61. The van der Waals surface area contributed by atoms with Gasteiger partial charge in [-0.1, -0.05) is 0 Å². The molecule has 1 aliphatic rings. The summed E-state index contributed by atoms with van der Waals surface area (Å²) in [7, 11) is 2.87. The third kappa shape index (κ3) is 3.42. The van der Waals surface area contributed by atoms with Crippen LogP contribution in [0.25, 0.3) is 0 Å². The number of aliphatic hydroxyl groups excluding tert-OH is 1. The number of hydrogen-bond donors (Lipinski definition) is 3. The zero-order valence-corrected chi connectivity index (χ0v) is 12.9. The van der Waals surface area contributed by atoms with Crippen molar-refractivity contribution in [1.29, 1.82) is 0 Å².